The number of methoxy groups -OCH3 is 1. The number of piperidine rings is 1. The second-order valence-electron chi connectivity index (χ2n) is 5.16. The number of carbonyl (C=O) groups excluding carboxylic acids is 1. The number of rotatable bonds is 3. The molecular weight excluding hydrogens is 328 g/mol. The summed E-state index contributed by atoms with van der Waals surface area (Å²) in [7, 11) is -2.34. The predicted molar refractivity (Wildman–Crippen MR) is 85.7 cm³/mol. The average molecular weight is 349 g/mol. The van der Waals surface area contributed by atoms with Gasteiger partial charge in [0.2, 0.25) is 10.0 Å². The van der Waals surface area contributed by atoms with Crippen LogP contribution in [-0.4, -0.2) is 44.9 Å². The zero-order valence-corrected chi connectivity index (χ0v) is 14.2. The SMILES string of the molecule is COC(=O)c1cccc(S(=O)(=O)N2CCC(N)CC2)c1C.Cl. The molecule has 2 N–H and O–H groups in total. The quantitative estimate of drug-likeness (QED) is 0.832. The minimum Gasteiger partial charge on any atom is -0.465 e. The van der Waals surface area contributed by atoms with E-state index in [4.69, 9.17) is 5.73 Å². The van der Waals surface area contributed by atoms with E-state index in [0.717, 1.165) is 0 Å². The first-order chi connectivity index (χ1) is 9.87. The van der Waals surface area contributed by atoms with Crippen LogP contribution in [0.15, 0.2) is 23.1 Å². The number of esters is 1. The Kier molecular flexibility index (Phi) is 6.37. The zero-order valence-electron chi connectivity index (χ0n) is 12.6. The summed E-state index contributed by atoms with van der Waals surface area (Å²) in [6.45, 7) is 2.44. The molecule has 1 saturated heterocycles. The van der Waals surface area contributed by atoms with Crippen molar-refractivity contribution in [1.82, 2.24) is 4.31 Å². The lowest BCUT2D eigenvalue weighted by Gasteiger charge is -2.29. The van der Waals surface area contributed by atoms with Gasteiger partial charge in [-0.3, -0.25) is 0 Å². The molecule has 8 heteroatoms. The molecule has 0 spiro atoms. The van der Waals surface area contributed by atoms with E-state index < -0.39 is 16.0 Å². The smallest absolute Gasteiger partial charge is 0.338 e. The van der Waals surface area contributed by atoms with Crippen molar-refractivity contribution in [1.29, 1.82) is 0 Å². The molecule has 0 radical (unpaired) electrons. The molecular formula is C14H21ClN2O4S. The van der Waals surface area contributed by atoms with Crippen molar-refractivity contribution in [2.75, 3.05) is 20.2 Å². The Balaban J connectivity index is 0.00000242. The van der Waals surface area contributed by atoms with Crippen molar-refractivity contribution in [3.8, 4) is 0 Å². The molecule has 1 aromatic carbocycles. The van der Waals surface area contributed by atoms with Crippen LogP contribution in [0.1, 0.15) is 28.8 Å². The van der Waals surface area contributed by atoms with Gasteiger partial charge in [-0.1, -0.05) is 6.07 Å². The fraction of sp³-hybridized carbons (Fsp3) is 0.500. The number of hydrogen-bond acceptors (Lipinski definition) is 5. The lowest BCUT2D eigenvalue weighted by molar-refractivity contribution is 0.0599. The second kappa shape index (κ2) is 7.41. The van der Waals surface area contributed by atoms with Gasteiger partial charge in [-0.15, -0.1) is 12.4 Å². The third-order valence-corrected chi connectivity index (χ3v) is 5.85. The van der Waals surface area contributed by atoms with Gasteiger partial charge in [0.1, 0.15) is 0 Å². The number of halogens is 1. The molecule has 2 rings (SSSR count). The van der Waals surface area contributed by atoms with E-state index in [0.29, 0.717) is 31.5 Å². The minimum atomic E-state index is -3.61. The highest BCUT2D eigenvalue weighted by molar-refractivity contribution is 7.89. The Bertz CT molecular complexity index is 640. The molecule has 0 aromatic heterocycles. The van der Waals surface area contributed by atoms with E-state index in [-0.39, 0.29) is 28.9 Å². The number of carbonyl (C=O) groups is 1. The number of sulfonamides is 1. The van der Waals surface area contributed by atoms with Crippen LogP contribution in [0, 0.1) is 6.92 Å². The first-order valence-electron chi connectivity index (χ1n) is 6.81. The summed E-state index contributed by atoms with van der Waals surface area (Å²) in [6.07, 6.45) is 1.30. The topological polar surface area (TPSA) is 89.7 Å². The molecule has 0 atom stereocenters. The Morgan fingerprint density at radius 3 is 2.45 bits per heavy atom. The highest BCUT2D eigenvalue weighted by Crippen LogP contribution is 2.25. The number of benzene rings is 1. The molecule has 0 bridgehead atoms. The monoisotopic (exact) mass is 348 g/mol. The Morgan fingerprint density at radius 1 is 1.32 bits per heavy atom. The normalized spacial score (nSPS) is 16.9. The largest absolute Gasteiger partial charge is 0.465 e. The van der Waals surface area contributed by atoms with Gasteiger partial charge < -0.3 is 10.5 Å². The molecule has 0 aliphatic carbocycles. The van der Waals surface area contributed by atoms with Gasteiger partial charge in [0, 0.05) is 19.1 Å². The zero-order chi connectivity index (χ0) is 15.6. The first kappa shape index (κ1) is 18.9. The second-order valence-corrected chi connectivity index (χ2v) is 7.07. The van der Waals surface area contributed by atoms with Gasteiger partial charge in [0.05, 0.1) is 17.6 Å². The first-order valence-corrected chi connectivity index (χ1v) is 8.25. The van der Waals surface area contributed by atoms with Gasteiger partial charge in [-0.25, -0.2) is 13.2 Å². The van der Waals surface area contributed by atoms with E-state index in [2.05, 4.69) is 4.74 Å². The van der Waals surface area contributed by atoms with Gasteiger partial charge in [0.25, 0.3) is 0 Å². The fourth-order valence-corrected chi connectivity index (χ4v) is 4.20. The Labute approximate surface area is 137 Å². The maximum atomic E-state index is 12.7. The van der Waals surface area contributed by atoms with Crippen LogP contribution in [0.4, 0.5) is 0 Å². The summed E-state index contributed by atoms with van der Waals surface area (Å²) in [5, 5.41) is 0. The fourth-order valence-electron chi connectivity index (χ4n) is 2.48. The summed E-state index contributed by atoms with van der Waals surface area (Å²) >= 11 is 0. The van der Waals surface area contributed by atoms with Crippen molar-refractivity contribution in [3.05, 3.63) is 29.3 Å². The van der Waals surface area contributed by atoms with Crippen molar-refractivity contribution in [2.24, 2.45) is 5.73 Å². The predicted octanol–water partition coefficient (Wildman–Crippen LogP) is 1.32. The van der Waals surface area contributed by atoms with Crippen LogP contribution in [-0.2, 0) is 14.8 Å². The molecule has 1 aliphatic heterocycles. The Morgan fingerprint density at radius 2 is 1.91 bits per heavy atom. The summed E-state index contributed by atoms with van der Waals surface area (Å²) in [6, 6.07) is 4.69. The average Bonchev–Trinajstić information content (AvgIpc) is 2.47. The third-order valence-electron chi connectivity index (χ3n) is 3.81. The Hall–Kier alpha value is -1.15. The summed E-state index contributed by atoms with van der Waals surface area (Å²) in [5.41, 5.74) is 6.49. The van der Waals surface area contributed by atoms with Crippen LogP contribution < -0.4 is 5.73 Å². The minimum absolute atomic E-state index is 0. The molecule has 1 aliphatic rings. The summed E-state index contributed by atoms with van der Waals surface area (Å²) in [4.78, 5) is 11.8. The third kappa shape index (κ3) is 3.60. The molecule has 0 saturated carbocycles. The molecule has 0 unspecified atom stereocenters. The van der Waals surface area contributed by atoms with Crippen molar-refractivity contribution < 1.29 is 17.9 Å². The molecule has 6 nitrogen and oxygen atoms in total. The van der Waals surface area contributed by atoms with E-state index in [1.165, 1.54) is 17.5 Å². The van der Waals surface area contributed by atoms with Gasteiger partial charge in [-0.2, -0.15) is 4.31 Å². The maximum Gasteiger partial charge on any atom is 0.338 e. The van der Waals surface area contributed by atoms with E-state index in [1.54, 1.807) is 19.1 Å². The molecule has 124 valence electrons. The summed E-state index contributed by atoms with van der Waals surface area (Å²) in [5.74, 6) is -0.537. The van der Waals surface area contributed by atoms with E-state index >= 15 is 0 Å². The highest BCUT2D eigenvalue weighted by atomic mass is 35.5. The summed E-state index contributed by atoms with van der Waals surface area (Å²) < 4.78 is 31.5. The van der Waals surface area contributed by atoms with E-state index in [1.807, 2.05) is 0 Å². The molecule has 22 heavy (non-hydrogen) atoms. The van der Waals surface area contributed by atoms with Crippen molar-refractivity contribution in [2.45, 2.75) is 30.7 Å². The van der Waals surface area contributed by atoms with E-state index in [9.17, 15) is 13.2 Å². The number of nitrogens with two attached hydrogens (primary N) is 1. The molecule has 1 fully saturated rings. The van der Waals surface area contributed by atoms with Crippen LogP contribution in [0.3, 0.4) is 0 Å². The number of ether oxygens (including phenoxy) is 1. The number of nitrogens with zero attached hydrogens (tertiary/aromatic N) is 1. The van der Waals surface area contributed by atoms with Gasteiger partial charge in [0.15, 0.2) is 0 Å². The maximum absolute atomic E-state index is 12.7. The van der Waals surface area contributed by atoms with Crippen LogP contribution >= 0.6 is 12.4 Å². The van der Waals surface area contributed by atoms with Crippen LogP contribution in [0.5, 0.6) is 0 Å². The lowest BCUT2D eigenvalue weighted by atomic mass is 10.1. The van der Waals surface area contributed by atoms with Crippen molar-refractivity contribution in [3.63, 3.8) is 0 Å². The van der Waals surface area contributed by atoms with Crippen molar-refractivity contribution >= 4 is 28.4 Å². The highest BCUT2D eigenvalue weighted by Gasteiger charge is 2.30. The molecule has 0 amide bonds. The standard InChI is InChI=1S/C14H20N2O4S.ClH/c1-10-12(14(17)20-2)4-3-5-13(10)21(18,19)16-8-6-11(15)7-9-16;/h3-5,11H,6-9,15H2,1-2H3;1H. The van der Waals surface area contributed by atoms with Crippen LogP contribution in [0.2, 0.25) is 0 Å². The van der Waals surface area contributed by atoms with Gasteiger partial charge in [-0.05, 0) is 37.5 Å². The lowest BCUT2D eigenvalue weighted by Crippen LogP contribution is -2.43. The van der Waals surface area contributed by atoms with Crippen LogP contribution in [0.25, 0.3) is 0 Å². The molecule has 1 aromatic rings. The van der Waals surface area contributed by atoms with Gasteiger partial charge >= 0.3 is 5.97 Å². The molecule has 1 heterocycles. The number of hydrogen-bond donors (Lipinski definition) is 1.